The van der Waals surface area contributed by atoms with Gasteiger partial charge >= 0.3 is 0 Å². The number of ether oxygens (including phenoxy) is 1. The third-order valence-corrected chi connectivity index (χ3v) is 5.72. The predicted molar refractivity (Wildman–Crippen MR) is 132 cm³/mol. The van der Waals surface area contributed by atoms with Crippen LogP contribution in [0.3, 0.4) is 0 Å². The standard InChI is InChI=1S/C25H37N5O2/c1-3-4-11-27-23-19-20(18-22(26)24(23)32-21-9-6-5-7-10-21)25(31)28-12-8-13-30-16-14-29(2)15-17-30/h5-7,9-10,18-19,27H,3-4,8,11-17,26H2,1-2H3,(H,28,31). The second kappa shape index (κ2) is 12.3. The van der Waals surface area contributed by atoms with E-state index in [1.54, 1.807) is 6.07 Å². The van der Waals surface area contributed by atoms with Crippen molar-refractivity contribution in [3.8, 4) is 11.5 Å². The summed E-state index contributed by atoms with van der Waals surface area (Å²) in [5.74, 6) is 1.15. The van der Waals surface area contributed by atoms with Gasteiger partial charge in [-0.2, -0.15) is 0 Å². The number of rotatable bonds is 11. The Morgan fingerprint density at radius 1 is 1.06 bits per heavy atom. The summed E-state index contributed by atoms with van der Waals surface area (Å²) in [6.07, 6.45) is 3.03. The molecule has 0 unspecified atom stereocenters. The van der Waals surface area contributed by atoms with Crippen molar-refractivity contribution < 1.29 is 9.53 Å². The van der Waals surface area contributed by atoms with Crippen LogP contribution >= 0.6 is 0 Å². The number of hydrogen-bond acceptors (Lipinski definition) is 6. The molecule has 0 spiro atoms. The first-order valence-electron chi connectivity index (χ1n) is 11.7. The molecule has 4 N–H and O–H groups in total. The first-order chi connectivity index (χ1) is 15.6. The number of carbonyl (C=O) groups excluding carboxylic acids is 1. The molecule has 1 aliphatic rings. The normalized spacial score (nSPS) is 14.8. The average Bonchev–Trinajstić information content (AvgIpc) is 2.80. The van der Waals surface area contributed by atoms with Crippen molar-refractivity contribution in [1.29, 1.82) is 0 Å². The highest BCUT2D eigenvalue weighted by Crippen LogP contribution is 2.36. The van der Waals surface area contributed by atoms with Crippen LogP contribution in [0.1, 0.15) is 36.5 Å². The minimum atomic E-state index is -0.111. The number of nitrogens with two attached hydrogens (primary N) is 1. The molecule has 0 aliphatic carbocycles. The molecule has 0 radical (unpaired) electrons. The van der Waals surface area contributed by atoms with Crippen LogP contribution in [-0.2, 0) is 0 Å². The molecular formula is C25H37N5O2. The lowest BCUT2D eigenvalue weighted by Crippen LogP contribution is -2.45. The fraction of sp³-hybridized carbons (Fsp3) is 0.480. The number of benzene rings is 2. The topological polar surface area (TPSA) is 82.9 Å². The fourth-order valence-corrected chi connectivity index (χ4v) is 3.71. The van der Waals surface area contributed by atoms with Crippen molar-refractivity contribution in [2.24, 2.45) is 0 Å². The second-order valence-electron chi connectivity index (χ2n) is 8.39. The molecule has 1 aliphatic heterocycles. The van der Waals surface area contributed by atoms with Crippen LogP contribution in [0, 0.1) is 0 Å². The van der Waals surface area contributed by atoms with Gasteiger partial charge < -0.3 is 30.9 Å². The number of nitrogens with one attached hydrogen (secondary N) is 2. The molecule has 2 aromatic carbocycles. The number of hydrogen-bond donors (Lipinski definition) is 3. The van der Waals surface area contributed by atoms with Crippen molar-refractivity contribution in [3.05, 3.63) is 48.0 Å². The van der Waals surface area contributed by atoms with Crippen LogP contribution in [0.2, 0.25) is 0 Å². The summed E-state index contributed by atoms with van der Waals surface area (Å²) in [6, 6.07) is 13.1. The number of likely N-dealkylation sites (N-methyl/N-ethyl adjacent to an activating group) is 1. The van der Waals surface area contributed by atoms with Crippen LogP contribution in [0.25, 0.3) is 0 Å². The molecule has 174 valence electrons. The Labute approximate surface area is 191 Å². The van der Waals surface area contributed by atoms with E-state index in [9.17, 15) is 4.79 Å². The Kier molecular flexibility index (Phi) is 9.19. The van der Waals surface area contributed by atoms with E-state index >= 15 is 0 Å². The zero-order valence-corrected chi connectivity index (χ0v) is 19.4. The maximum atomic E-state index is 12.8. The Morgan fingerprint density at radius 2 is 1.81 bits per heavy atom. The molecule has 1 amide bonds. The first-order valence-corrected chi connectivity index (χ1v) is 11.7. The second-order valence-corrected chi connectivity index (χ2v) is 8.39. The predicted octanol–water partition coefficient (Wildman–Crippen LogP) is 3.64. The number of carbonyl (C=O) groups is 1. The Balaban J connectivity index is 1.61. The van der Waals surface area contributed by atoms with Gasteiger partial charge in [-0.3, -0.25) is 4.79 Å². The first kappa shape index (κ1) is 23.9. The molecule has 3 rings (SSSR count). The molecule has 0 aromatic heterocycles. The summed E-state index contributed by atoms with van der Waals surface area (Å²) in [7, 11) is 2.16. The lowest BCUT2D eigenvalue weighted by Gasteiger charge is -2.32. The van der Waals surface area contributed by atoms with Gasteiger partial charge in [0.05, 0.1) is 11.4 Å². The molecule has 1 fully saturated rings. The van der Waals surface area contributed by atoms with Gasteiger partial charge in [-0.25, -0.2) is 0 Å². The highest BCUT2D eigenvalue weighted by Gasteiger charge is 2.16. The lowest BCUT2D eigenvalue weighted by molar-refractivity contribution is 0.0949. The summed E-state index contributed by atoms with van der Waals surface area (Å²) >= 11 is 0. The average molecular weight is 440 g/mol. The van der Waals surface area contributed by atoms with E-state index < -0.39 is 0 Å². The van der Waals surface area contributed by atoms with E-state index in [2.05, 4.69) is 34.4 Å². The molecule has 0 atom stereocenters. The molecule has 0 bridgehead atoms. The van der Waals surface area contributed by atoms with Crippen molar-refractivity contribution in [2.45, 2.75) is 26.2 Å². The highest BCUT2D eigenvalue weighted by atomic mass is 16.5. The van der Waals surface area contributed by atoms with Crippen LogP contribution in [-0.4, -0.2) is 68.6 Å². The number of nitrogen functional groups attached to an aromatic ring is 1. The quantitative estimate of drug-likeness (QED) is 0.366. The number of amides is 1. The molecule has 1 heterocycles. The zero-order valence-electron chi connectivity index (χ0n) is 19.4. The minimum absolute atomic E-state index is 0.111. The number of anilines is 2. The lowest BCUT2D eigenvalue weighted by atomic mass is 10.1. The van der Waals surface area contributed by atoms with Crippen molar-refractivity contribution in [3.63, 3.8) is 0 Å². The van der Waals surface area contributed by atoms with Gasteiger partial charge in [0.1, 0.15) is 5.75 Å². The van der Waals surface area contributed by atoms with Crippen LogP contribution < -0.4 is 21.1 Å². The van der Waals surface area contributed by atoms with E-state index in [-0.39, 0.29) is 5.91 Å². The summed E-state index contributed by atoms with van der Waals surface area (Å²) in [5, 5.41) is 6.43. The largest absolute Gasteiger partial charge is 0.453 e. The van der Waals surface area contributed by atoms with Gasteiger partial charge in [0.15, 0.2) is 5.75 Å². The Hall–Kier alpha value is -2.77. The molecule has 2 aromatic rings. The van der Waals surface area contributed by atoms with Gasteiger partial charge in [0, 0.05) is 44.8 Å². The van der Waals surface area contributed by atoms with Gasteiger partial charge in [-0.05, 0) is 50.7 Å². The van der Waals surface area contributed by atoms with Gasteiger partial charge in [-0.15, -0.1) is 0 Å². The van der Waals surface area contributed by atoms with E-state index in [1.807, 2.05) is 36.4 Å². The SMILES string of the molecule is CCCCNc1cc(C(=O)NCCCN2CCN(C)CC2)cc(N)c1Oc1ccccc1. The fourth-order valence-electron chi connectivity index (χ4n) is 3.71. The monoisotopic (exact) mass is 439 g/mol. The summed E-state index contributed by atoms with van der Waals surface area (Å²) in [5.41, 5.74) is 8.05. The number of para-hydroxylation sites is 1. The Morgan fingerprint density at radius 3 is 2.53 bits per heavy atom. The smallest absolute Gasteiger partial charge is 0.251 e. The number of piperazine rings is 1. The van der Waals surface area contributed by atoms with Crippen molar-refractivity contribution in [2.75, 3.05) is 63.9 Å². The van der Waals surface area contributed by atoms with Crippen molar-refractivity contribution >= 4 is 17.3 Å². The molecule has 32 heavy (non-hydrogen) atoms. The summed E-state index contributed by atoms with van der Waals surface area (Å²) in [4.78, 5) is 17.6. The third kappa shape index (κ3) is 7.14. The summed E-state index contributed by atoms with van der Waals surface area (Å²) in [6.45, 7) is 8.98. The van der Waals surface area contributed by atoms with Crippen LogP contribution in [0.5, 0.6) is 11.5 Å². The van der Waals surface area contributed by atoms with E-state index in [0.717, 1.165) is 64.2 Å². The third-order valence-electron chi connectivity index (χ3n) is 5.72. The molecule has 7 heteroatoms. The number of unbranched alkanes of at least 4 members (excludes halogenated alkanes) is 1. The molecule has 7 nitrogen and oxygen atoms in total. The summed E-state index contributed by atoms with van der Waals surface area (Å²) < 4.78 is 6.05. The molecular weight excluding hydrogens is 402 g/mol. The number of nitrogens with zero attached hydrogens (tertiary/aromatic N) is 2. The zero-order chi connectivity index (χ0) is 22.8. The van der Waals surface area contributed by atoms with Gasteiger partial charge in [0.2, 0.25) is 0 Å². The Bertz CT molecular complexity index is 851. The van der Waals surface area contributed by atoms with E-state index in [0.29, 0.717) is 29.3 Å². The van der Waals surface area contributed by atoms with Gasteiger partial charge in [0.25, 0.3) is 5.91 Å². The van der Waals surface area contributed by atoms with E-state index in [1.165, 1.54) is 0 Å². The molecule has 0 saturated carbocycles. The van der Waals surface area contributed by atoms with E-state index in [4.69, 9.17) is 10.5 Å². The minimum Gasteiger partial charge on any atom is -0.453 e. The molecule has 1 saturated heterocycles. The maximum absolute atomic E-state index is 12.8. The van der Waals surface area contributed by atoms with Crippen LogP contribution in [0.4, 0.5) is 11.4 Å². The highest BCUT2D eigenvalue weighted by molar-refractivity contribution is 5.97. The van der Waals surface area contributed by atoms with Crippen molar-refractivity contribution in [1.82, 2.24) is 15.1 Å². The van der Waals surface area contributed by atoms with Crippen LogP contribution in [0.15, 0.2) is 42.5 Å². The maximum Gasteiger partial charge on any atom is 0.251 e. The van der Waals surface area contributed by atoms with Gasteiger partial charge in [-0.1, -0.05) is 31.5 Å².